The molecule has 0 bridgehead atoms. The molecule has 5 nitrogen and oxygen atoms in total. The van der Waals surface area contributed by atoms with Gasteiger partial charge in [-0.2, -0.15) is 13.2 Å². The summed E-state index contributed by atoms with van der Waals surface area (Å²) in [5, 5.41) is 2.78. The van der Waals surface area contributed by atoms with Crippen molar-refractivity contribution in [2.75, 3.05) is 5.32 Å². The summed E-state index contributed by atoms with van der Waals surface area (Å²) in [6.07, 6.45) is -0.660. The second-order valence-corrected chi connectivity index (χ2v) is 6.27. The molecule has 0 radical (unpaired) electrons. The Morgan fingerprint density at radius 1 is 1.15 bits per heavy atom. The predicted octanol–water partition coefficient (Wildman–Crippen LogP) is 3.96. The first-order chi connectivity index (χ1) is 12.3. The van der Waals surface area contributed by atoms with Crippen molar-refractivity contribution in [1.29, 1.82) is 0 Å². The van der Waals surface area contributed by atoms with Gasteiger partial charge in [0.1, 0.15) is 5.75 Å². The highest BCUT2D eigenvalue weighted by Crippen LogP contribution is 2.31. The van der Waals surface area contributed by atoms with Crippen molar-refractivity contribution in [3.05, 3.63) is 48.2 Å². The van der Waals surface area contributed by atoms with Crippen LogP contribution < -0.4 is 15.8 Å². The van der Waals surface area contributed by atoms with Crippen LogP contribution in [0.5, 0.6) is 11.6 Å². The summed E-state index contributed by atoms with van der Waals surface area (Å²) < 4.78 is 43.0. The van der Waals surface area contributed by atoms with E-state index in [1.54, 1.807) is 6.07 Å². The van der Waals surface area contributed by atoms with Crippen molar-refractivity contribution >= 4 is 11.6 Å². The van der Waals surface area contributed by atoms with Gasteiger partial charge in [-0.3, -0.25) is 4.79 Å². The molecule has 1 aliphatic rings. The van der Waals surface area contributed by atoms with Crippen LogP contribution in [0.3, 0.4) is 0 Å². The number of hydrogen-bond donors (Lipinski definition) is 2. The Bertz CT molecular complexity index is 761. The number of aromatic nitrogens is 1. The van der Waals surface area contributed by atoms with Crippen LogP contribution >= 0.6 is 0 Å². The van der Waals surface area contributed by atoms with Gasteiger partial charge in [-0.25, -0.2) is 4.98 Å². The Morgan fingerprint density at radius 3 is 2.42 bits per heavy atom. The highest BCUT2D eigenvalue weighted by molar-refractivity contribution is 5.92. The van der Waals surface area contributed by atoms with Gasteiger partial charge in [-0.1, -0.05) is 0 Å². The predicted molar refractivity (Wildman–Crippen MR) is 89.7 cm³/mol. The maximum atomic E-state index is 12.5. The number of alkyl halides is 3. The first-order valence-corrected chi connectivity index (χ1v) is 8.19. The van der Waals surface area contributed by atoms with Crippen molar-refractivity contribution in [1.82, 2.24) is 4.98 Å². The van der Waals surface area contributed by atoms with E-state index in [-0.39, 0.29) is 29.5 Å². The van der Waals surface area contributed by atoms with E-state index in [4.69, 9.17) is 10.5 Å². The number of pyridine rings is 1. The van der Waals surface area contributed by atoms with Crippen molar-refractivity contribution in [2.24, 2.45) is 11.7 Å². The molecule has 0 spiro atoms. The highest BCUT2D eigenvalue weighted by atomic mass is 19.4. The maximum Gasteiger partial charge on any atom is 0.416 e. The molecule has 0 aliphatic heterocycles. The minimum absolute atomic E-state index is 0.0726. The number of hydrogen-bond acceptors (Lipinski definition) is 4. The number of carbonyl (C=O) groups is 1. The number of benzene rings is 1. The van der Waals surface area contributed by atoms with Crippen LogP contribution in [0, 0.1) is 5.92 Å². The summed E-state index contributed by atoms with van der Waals surface area (Å²) in [5.74, 6) is 0.275. The number of halogens is 3. The number of amides is 1. The lowest BCUT2D eigenvalue weighted by Crippen LogP contribution is -2.23. The van der Waals surface area contributed by atoms with Gasteiger partial charge in [-0.05, 0) is 49.6 Å². The second kappa shape index (κ2) is 7.33. The molecule has 26 heavy (non-hydrogen) atoms. The zero-order valence-electron chi connectivity index (χ0n) is 13.8. The fourth-order valence-electron chi connectivity index (χ4n) is 2.85. The number of nitrogens with zero attached hydrogens (tertiary/aromatic N) is 1. The first kappa shape index (κ1) is 18.2. The van der Waals surface area contributed by atoms with Crippen LogP contribution in [0.15, 0.2) is 42.6 Å². The summed E-state index contributed by atoms with van der Waals surface area (Å²) in [6.45, 7) is 0. The first-order valence-electron chi connectivity index (χ1n) is 8.19. The summed E-state index contributed by atoms with van der Waals surface area (Å²) >= 11 is 0. The fourth-order valence-corrected chi connectivity index (χ4v) is 2.85. The Balaban J connectivity index is 1.58. The van der Waals surface area contributed by atoms with Gasteiger partial charge in [0, 0.05) is 18.0 Å². The number of nitrogens with one attached hydrogen (secondary N) is 1. The molecule has 3 rings (SSSR count). The van der Waals surface area contributed by atoms with Gasteiger partial charge in [0.15, 0.2) is 0 Å². The summed E-state index contributed by atoms with van der Waals surface area (Å²) in [5.41, 5.74) is 5.59. The van der Waals surface area contributed by atoms with E-state index >= 15 is 0 Å². The molecule has 1 saturated carbocycles. The zero-order chi connectivity index (χ0) is 18.7. The molecule has 1 aromatic carbocycles. The van der Waals surface area contributed by atoms with Crippen LogP contribution in [0.1, 0.15) is 24.8 Å². The molecule has 1 fully saturated rings. The molecule has 1 aliphatic carbocycles. The van der Waals surface area contributed by atoms with Gasteiger partial charge in [0.05, 0.1) is 17.4 Å². The molecule has 2 unspecified atom stereocenters. The lowest BCUT2D eigenvalue weighted by atomic mass is 10.1. The van der Waals surface area contributed by atoms with E-state index in [1.165, 1.54) is 24.4 Å². The topological polar surface area (TPSA) is 77.2 Å². The molecule has 1 amide bonds. The van der Waals surface area contributed by atoms with E-state index in [0.29, 0.717) is 12.1 Å². The molecule has 8 heteroatoms. The number of ether oxygens (including phenoxy) is 1. The van der Waals surface area contributed by atoms with E-state index in [1.807, 2.05) is 0 Å². The van der Waals surface area contributed by atoms with Crippen LogP contribution in [0.25, 0.3) is 0 Å². The SMILES string of the molecule is NC1CCC(C(=O)Nc2ccc(Oc3ccc(C(F)(F)F)cc3)nc2)C1. The highest BCUT2D eigenvalue weighted by Gasteiger charge is 2.30. The monoisotopic (exact) mass is 365 g/mol. The van der Waals surface area contributed by atoms with Crippen molar-refractivity contribution < 1.29 is 22.7 Å². The van der Waals surface area contributed by atoms with Crippen LogP contribution in [-0.4, -0.2) is 16.9 Å². The molecule has 0 saturated heterocycles. The van der Waals surface area contributed by atoms with E-state index in [0.717, 1.165) is 25.0 Å². The molecule has 2 aromatic rings. The smallest absolute Gasteiger partial charge is 0.416 e. The van der Waals surface area contributed by atoms with Crippen LogP contribution in [0.2, 0.25) is 0 Å². The third-order valence-corrected chi connectivity index (χ3v) is 4.25. The van der Waals surface area contributed by atoms with Crippen molar-refractivity contribution in [2.45, 2.75) is 31.5 Å². The molecule has 138 valence electrons. The Morgan fingerprint density at radius 2 is 1.88 bits per heavy atom. The Labute approximate surface area is 148 Å². The largest absolute Gasteiger partial charge is 0.439 e. The lowest BCUT2D eigenvalue weighted by molar-refractivity contribution is -0.137. The number of nitrogens with two attached hydrogens (primary N) is 1. The van der Waals surface area contributed by atoms with Gasteiger partial charge in [0.25, 0.3) is 0 Å². The molecular weight excluding hydrogens is 347 g/mol. The number of carbonyl (C=O) groups excluding carboxylic acids is 1. The lowest BCUT2D eigenvalue weighted by Gasteiger charge is -2.11. The summed E-state index contributed by atoms with van der Waals surface area (Å²) in [7, 11) is 0. The second-order valence-electron chi connectivity index (χ2n) is 6.27. The minimum Gasteiger partial charge on any atom is -0.439 e. The quantitative estimate of drug-likeness (QED) is 0.860. The zero-order valence-corrected chi connectivity index (χ0v) is 13.8. The minimum atomic E-state index is -4.39. The molecule has 1 heterocycles. The third-order valence-electron chi connectivity index (χ3n) is 4.25. The number of rotatable bonds is 4. The molecular formula is C18H18F3N3O2. The average molecular weight is 365 g/mol. The Hall–Kier alpha value is -2.61. The van der Waals surface area contributed by atoms with E-state index in [2.05, 4.69) is 10.3 Å². The fraction of sp³-hybridized carbons (Fsp3) is 0.333. The summed E-state index contributed by atoms with van der Waals surface area (Å²) in [4.78, 5) is 16.2. The van der Waals surface area contributed by atoms with Crippen LogP contribution in [-0.2, 0) is 11.0 Å². The van der Waals surface area contributed by atoms with Gasteiger partial charge < -0.3 is 15.8 Å². The standard InChI is InChI=1S/C18H18F3N3O2/c19-18(20,21)12-2-6-15(7-3-12)26-16-8-5-14(10-23-16)24-17(25)11-1-4-13(22)9-11/h2-3,5-8,10-11,13H,1,4,9,22H2,(H,24,25). The van der Waals surface area contributed by atoms with Crippen molar-refractivity contribution in [3.8, 4) is 11.6 Å². The Kier molecular flexibility index (Phi) is 5.13. The van der Waals surface area contributed by atoms with Gasteiger partial charge in [-0.15, -0.1) is 0 Å². The van der Waals surface area contributed by atoms with Crippen molar-refractivity contribution in [3.63, 3.8) is 0 Å². The molecule has 3 N–H and O–H groups in total. The maximum absolute atomic E-state index is 12.5. The normalized spacial score (nSPS) is 20.0. The van der Waals surface area contributed by atoms with E-state index in [9.17, 15) is 18.0 Å². The van der Waals surface area contributed by atoms with Gasteiger partial charge in [0.2, 0.25) is 11.8 Å². The van der Waals surface area contributed by atoms with E-state index < -0.39 is 11.7 Å². The van der Waals surface area contributed by atoms with Crippen LogP contribution in [0.4, 0.5) is 18.9 Å². The molecule has 1 aromatic heterocycles. The average Bonchev–Trinajstić information content (AvgIpc) is 3.03. The molecule has 2 atom stereocenters. The number of anilines is 1. The van der Waals surface area contributed by atoms with Gasteiger partial charge >= 0.3 is 6.18 Å². The third kappa shape index (κ3) is 4.51. The summed E-state index contributed by atoms with van der Waals surface area (Å²) in [6, 6.07) is 7.57.